The molecule has 3 N–H and O–H groups in total. The van der Waals surface area contributed by atoms with Crippen LogP contribution in [0.3, 0.4) is 0 Å². The monoisotopic (exact) mass is 298 g/mol. The van der Waals surface area contributed by atoms with E-state index in [2.05, 4.69) is 11.6 Å². The summed E-state index contributed by atoms with van der Waals surface area (Å²) < 4.78 is 6.46. The summed E-state index contributed by atoms with van der Waals surface area (Å²) in [5.74, 6) is 0.462. The standard InChI is InChI=1S/C16H15N3O3/c1-2-13(7-6-10-18-21)15-11-19(12-17-15)16(20)22-14-8-4-3-5-9-14/h2-12,18,21H,1H2/p+1/b10-6-,13-7+. The molecule has 0 atom stereocenters. The Balaban J connectivity index is 2.13. The number of ether oxygens (including phenoxy) is 1. The average molecular weight is 298 g/mol. The second-order valence-corrected chi connectivity index (χ2v) is 4.21. The fourth-order valence-electron chi connectivity index (χ4n) is 1.68. The quantitative estimate of drug-likeness (QED) is 0.653. The summed E-state index contributed by atoms with van der Waals surface area (Å²) in [4.78, 5) is 16.1. The maximum absolute atomic E-state index is 12.0. The predicted molar refractivity (Wildman–Crippen MR) is 81.1 cm³/mol. The molecule has 0 unspecified atom stereocenters. The summed E-state index contributed by atoms with van der Waals surface area (Å²) in [7, 11) is 0. The molecular formula is C16H16N3O3+. The minimum atomic E-state index is -0.549. The molecule has 0 radical (unpaired) electrons. The zero-order valence-electron chi connectivity index (χ0n) is 11.8. The molecule has 112 valence electrons. The Hall–Kier alpha value is -2.96. The number of nitrogens with zero attached hydrogens (tertiary/aromatic N) is 2. The van der Waals surface area contributed by atoms with Crippen LogP contribution in [-0.4, -0.2) is 20.9 Å². The van der Waals surface area contributed by atoms with Gasteiger partial charge in [0.15, 0.2) is 0 Å². The normalized spacial score (nSPS) is 11.6. The van der Waals surface area contributed by atoms with Crippen LogP contribution in [0.25, 0.3) is 5.57 Å². The topological polar surface area (TPSA) is 81.0 Å². The molecule has 0 saturated heterocycles. The summed E-state index contributed by atoms with van der Waals surface area (Å²) >= 11 is 0. The van der Waals surface area contributed by atoms with Gasteiger partial charge in [0, 0.05) is 11.8 Å². The number of para-hydroxylation sites is 1. The molecule has 0 saturated carbocycles. The molecular weight excluding hydrogens is 282 g/mol. The van der Waals surface area contributed by atoms with E-state index in [-0.39, 0.29) is 0 Å². The SMILES string of the molecule is C=C/C(=C\C=C/[NH2+]O)c1cn(C(=O)Oc2ccccc2)cn1. The number of rotatable bonds is 5. The minimum Gasteiger partial charge on any atom is -0.410 e. The molecule has 1 aromatic carbocycles. The molecule has 2 aromatic rings. The summed E-state index contributed by atoms with van der Waals surface area (Å²) in [6, 6.07) is 8.79. The van der Waals surface area contributed by atoms with Gasteiger partial charge in [-0.2, -0.15) is 5.48 Å². The van der Waals surface area contributed by atoms with Crippen LogP contribution in [0, 0.1) is 0 Å². The third kappa shape index (κ3) is 4.02. The van der Waals surface area contributed by atoms with E-state index in [1.165, 1.54) is 17.1 Å². The third-order valence-corrected chi connectivity index (χ3v) is 2.73. The lowest BCUT2D eigenvalue weighted by Gasteiger charge is -2.03. The van der Waals surface area contributed by atoms with Crippen molar-refractivity contribution in [1.29, 1.82) is 0 Å². The van der Waals surface area contributed by atoms with Crippen LogP contribution in [0.4, 0.5) is 4.79 Å². The van der Waals surface area contributed by atoms with Gasteiger partial charge in [0.05, 0.1) is 5.69 Å². The fourth-order valence-corrected chi connectivity index (χ4v) is 1.68. The first-order valence-electron chi connectivity index (χ1n) is 6.53. The van der Waals surface area contributed by atoms with E-state index in [1.807, 2.05) is 6.07 Å². The Labute approximate surface area is 127 Å². The van der Waals surface area contributed by atoms with Crippen LogP contribution in [0.2, 0.25) is 0 Å². The second kappa shape index (κ2) is 7.72. The van der Waals surface area contributed by atoms with Gasteiger partial charge in [0.2, 0.25) is 0 Å². The molecule has 0 amide bonds. The van der Waals surface area contributed by atoms with E-state index in [9.17, 15) is 4.79 Å². The van der Waals surface area contributed by atoms with E-state index in [0.29, 0.717) is 17.0 Å². The first-order chi connectivity index (χ1) is 10.7. The number of aromatic nitrogens is 2. The van der Waals surface area contributed by atoms with E-state index in [0.717, 1.165) is 5.48 Å². The molecule has 0 aliphatic heterocycles. The summed E-state index contributed by atoms with van der Waals surface area (Å²) in [6.45, 7) is 3.70. The van der Waals surface area contributed by atoms with Gasteiger partial charge in [0.25, 0.3) is 0 Å². The van der Waals surface area contributed by atoms with Crippen molar-refractivity contribution in [1.82, 2.24) is 9.55 Å². The largest absolute Gasteiger partial charge is 0.424 e. The van der Waals surface area contributed by atoms with Crippen molar-refractivity contribution >= 4 is 11.7 Å². The van der Waals surface area contributed by atoms with Crippen molar-refractivity contribution in [3.05, 3.63) is 79.6 Å². The summed E-state index contributed by atoms with van der Waals surface area (Å²) in [5.41, 5.74) is 2.21. The predicted octanol–water partition coefficient (Wildman–Crippen LogP) is 1.97. The second-order valence-electron chi connectivity index (χ2n) is 4.21. The third-order valence-electron chi connectivity index (χ3n) is 2.73. The molecule has 6 heteroatoms. The molecule has 0 spiro atoms. The number of nitrogens with two attached hydrogens (primary N) is 1. The number of hydroxylamine groups is 1. The van der Waals surface area contributed by atoms with Gasteiger partial charge >= 0.3 is 6.09 Å². The number of allylic oxidation sites excluding steroid dienone is 4. The first kappa shape index (κ1) is 15.4. The highest BCUT2D eigenvalue weighted by molar-refractivity contribution is 5.77. The molecule has 0 bridgehead atoms. The fraction of sp³-hybridized carbons (Fsp3) is 0. The van der Waals surface area contributed by atoms with Crippen LogP contribution in [0.1, 0.15) is 5.69 Å². The average Bonchev–Trinajstić information content (AvgIpc) is 3.02. The molecule has 0 fully saturated rings. The van der Waals surface area contributed by atoms with Gasteiger partial charge in [0.1, 0.15) is 18.3 Å². The number of hydrogen-bond acceptors (Lipinski definition) is 4. The zero-order chi connectivity index (χ0) is 15.8. The molecule has 0 aliphatic rings. The van der Waals surface area contributed by atoms with Crippen LogP contribution in [-0.2, 0) is 0 Å². The van der Waals surface area contributed by atoms with E-state index < -0.39 is 6.09 Å². The van der Waals surface area contributed by atoms with Crippen molar-refractivity contribution < 1.29 is 20.2 Å². The van der Waals surface area contributed by atoms with Crippen molar-refractivity contribution in [3.63, 3.8) is 0 Å². The van der Waals surface area contributed by atoms with Gasteiger partial charge in [-0.3, -0.25) is 0 Å². The number of carbonyl (C=O) groups is 1. The van der Waals surface area contributed by atoms with Crippen LogP contribution in [0.15, 0.2) is 73.9 Å². The van der Waals surface area contributed by atoms with E-state index in [1.54, 1.807) is 48.7 Å². The molecule has 1 heterocycles. The zero-order valence-corrected chi connectivity index (χ0v) is 11.8. The highest BCUT2D eigenvalue weighted by Crippen LogP contribution is 2.14. The van der Waals surface area contributed by atoms with Gasteiger partial charge in [-0.15, -0.1) is 0 Å². The maximum atomic E-state index is 12.0. The molecule has 0 aliphatic carbocycles. The summed E-state index contributed by atoms with van der Waals surface area (Å²) in [6.07, 6.45) is 8.80. The van der Waals surface area contributed by atoms with Gasteiger partial charge < -0.3 is 4.74 Å². The van der Waals surface area contributed by atoms with E-state index >= 15 is 0 Å². The van der Waals surface area contributed by atoms with Gasteiger partial charge in [-0.1, -0.05) is 30.9 Å². The Morgan fingerprint density at radius 1 is 1.36 bits per heavy atom. The van der Waals surface area contributed by atoms with Crippen molar-refractivity contribution in [2.24, 2.45) is 0 Å². The highest BCUT2D eigenvalue weighted by Gasteiger charge is 2.10. The van der Waals surface area contributed by atoms with Gasteiger partial charge in [-0.25, -0.2) is 19.6 Å². The molecule has 1 aromatic heterocycles. The minimum absolute atomic E-state index is 0.462. The Morgan fingerprint density at radius 2 is 2.14 bits per heavy atom. The first-order valence-corrected chi connectivity index (χ1v) is 6.53. The van der Waals surface area contributed by atoms with Crippen LogP contribution in [0.5, 0.6) is 5.75 Å². The molecule has 2 rings (SSSR count). The molecule has 22 heavy (non-hydrogen) atoms. The smallest absolute Gasteiger partial charge is 0.410 e. The summed E-state index contributed by atoms with van der Waals surface area (Å²) in [5, 5.41) is 8.59. The number of carbonyl (C=O) groups excluding carboxylic acids is 1. The number of imidazole rings is 1. The Morgan fingerprint density at radius 3 is 2.82 bits per heavy atom. The maximum Gasteiger partial charge on any atom is 0.424 e. The Kier molecular flexibility index (Phi) is 5.42. The van der Waals surface area contributed by atoms with E-state index in [4.69, 9.17) is 9.94 Å². The number of benzene rings is 1. The lowest BCUT2D eigenvalue weighted by atomic mass is 10.2. The van der Waals surface area contributed by atoms with Crippen molar-refractivity contribution in [2.45, 2.75) is 0 Å². The van der Waals surface area contributed by atoms with Crippen LogP contribution < -0.4 is 10.2 Å². The lowest BCUT2D eigenvalue weighted by molar-refractivity contribution is -0.838. The number of hydrogen-bond donors (Lipinski definition) is 2. The highest BCUT2D eigenvalue weighted by atomic mass is 16.6. The number of quaternary nitrogens is 1. The van der Waals surface area contributed by atoms with Crippen molar-refractivity contribution in [3.8, 4) is 5.75 Å². The van der Waals surface area contributed by atoms with Crippen molar-refractivity contribution in [2.75, 3.05) is 0 Å². The molecule has 6 nitrogen and oxygen atoms in total. The Bertz CT molecular complexity index is 702. The van der Waals surface area contributed by atoms with Crippen LogP contribution >= 0.6 is 0 Å². The lowest BCUT2D eigenvalue weighted by Crippen LogP contribution is -2.73. The van der Waals surface area contributed by atoms with Gasteiger partial charge in [-0.05, 0) is 24.3 Å².